The Morgan fingerprint density at radius 1 is 1.15 bits per heavy atom. The average molecular weight is 721 g/mol. The predicted molar refractivity (Wildman–Crippen MR) is 183 cm³/mol. The van der Waals surface area contributed by atoms with Crippen molar-refractivity contribution in [2.45, 2.75) is 83.0 Å². The molecule has 5 aliphatic heterocycles. The zero-order valence-corrected chi connectivity index (χ0v) is 29.2. The summed E-state index contributed by atoms with van der Waals surface area (Å²) in [6.07, 6.45) is -2.33. The Bertz CT molecular complexity index is 2050. The topological polar surface area (TPSA) is 115 Å². The maximum Gasteiger partial charge on any atom is 0.418 e. The number of aryl methyl sites for hydroxylation is 1. The third kappa shape index (κ3) is 5.76. The smallest absolute Gasteiger partial charge is 0.418 e. The fraction of sp³-hybridized carbons (Fsp3) is 0.514. The minimum absolute atomic E-state index is 0.0892. The van der Waals surface area contributed by atoms with Crippen LogP contribution in [0.3, 0.4) is 0 Å². The van der Waals surface area contributed by atoms with Gasteiger partial charge in [0.05, 0.1) is 47.4 Å². The first kappa shape index (κ1) is 34.4. The molecule has 1 amide bonds. The van der Waals surface area contributed by atoms with Crippen molar-refractivity contribution in [3.05, 3.63) is 68.9 Å². The second kappa shape index (κ2) is 12.8. The van der Waals surface area contributed by atoms with E-state index in [9.17, 15) is 18.0 Å². The number of anilines is 2. The van der Waals surface area contributed by atoms with Gasteiger partial charge in [-0.1, -0.05) is 18.1 Å². The molecule has 2 N–H and O–H groups in total. The van der Waals surface area contributed by atoms with Gasteiger partial charge in [0, 0.05) is 61.9 Å². The van der Waals surface area contributed by atoms with Gasteiger partial charge in [0.1, 0.15) is 12.4 Å². The first-order valence-electron chi connectivity index (χ1n) is 17.6. The van der Waals surface area contributed by atoms with E-state index in [0.717, 1.165) is 55.2 Å². The van der Waals surface area contributed by atoms with Crippen molar-refractivity contribution in [2.24, 2.45) is 0 Å². The van der Waals surface area contributed by atoms with E-state index in [2.05, 4.69) is 28.2 Å². The summed E-state index contributed by atoms with van der Waals surface area (Å²) < 4.78 is 74.0. The Morgan fingerprint density at radius 3 is 2.77 bits per heavy atom. The maximum absolute atomic E-state index is 15.8. The van der Waals surface area contributed by atoms with Crippen LogP contribution in [-0.4, -0.2) is 80.8 Å². The Balaban J connectivity index is 1.20. The normalized spacial score (nSPS) is 23.1. The summed E-state index contributed by atoms with van der Waals surface area (Å²) in [7, 11) is 1.77. The lowest BCUT2D eigenvalue weighted by Crippen LogP contribution is -2.43. The van der Waals surface area contributed by atoms with E-state index < -0.39 is 40.5 Å². The molecule has 2 saturated heterocycles. The molecular formula is C37H40F4N8O3. The van der Waals surface area contributed by atoms with Gasteiger partial charge in [-0.25, -0.2) is 4.39 Å². The molecule has 0 bridgehead atoms. The number of amides is 1. The second-order valence-electron chi connectivity index (χ2n) is 14.5. The number of carbonyl (C=O) groups excluding carboxylic acids is 1. The zero-order valence-electron chi connectivity index (χ0n) is 29.2. The van der Waals surface area contributed by atoms with Crippen molar-refractivity contribution in [3.8, 4) is 17.9 Å². The number of likely N-dealkylation sites (N-methyl/N-ethyl adjacent to an activating group) is 1. The van der Waals surface area contributed by atoms with Crippen LogP contribution in [0.1, 0.15) is 88.4 Å². The highest BCUT2D eigenvalue weighted by molar-refractivity contribution is 5.95. The molecule has 2 atom stereocenters. The molecule has 0 unspecified atom stereocenters. The van der Waals surface area contributed by atoms with Gasteiger partial charge in [-0.15, -0.1) is 5.92 Å². The van der Waals surface area contributed by atoms with Gasteiger partial charge < -0.3 is 25.0 Å². The van der Waals surface area contributed by atoms with Gasteiger partial charge in [-0.2, -0.15) is 28.2 Å². The lowest BCUT2D eigenvalue weighted by molar-refractivity contribution is -0.140. The lowest BCUT2D eigenvalue weighted by Gasteiger charge is -2.33. The summed E-state index contributed by atoms with van der Waals surface area (Å²) >= 11 is 0. The van der Waals surface area contributed by atoms with E-state index in [0.29, 0.717) is 68.4 Å². The van der Waals surface area contributed by atoms with E-state index in [1.807, 2.05) is 4.68 Å². The first-order chi connectivity index (χ1) is 24.9. The van der Waals surface area contributed by atoms with Crippen LogP contribution in [0.5, 0.6) is 6.01 Å². The molecule has 0 aliphatic carbocycles. The predicted octanol–water partition coefficient (Wildman–Crippen LogP) is 4.81. The largest absolute Gasteiger partial charge is 0.461 e. The third-order valence-corrected chi connectivity index (χ3v) is 11.1. The fourth-order valence-electron chi connectivity index (χ4n) is 8.67. The molecule has 15 heteroatoms. The molecule has 8 rings (SSSR count). The van der Waals surface area contributed by atoms with Crippen LogP contribution in [0.2, 0.25) is 0 Å². The van der Waals surface area contributed by atoms with Crippen molar-refractivity contribution in [3.63, 3.8) is 0 Å². The highest BCUT2D eigenvalue weighted by atomic mass is 19.4. The summed E-state index contributed by atoms with van der Waals surface area (Å²) in [5, 5.41) is 4.69. The number of nitrogens with two attached hydrogens (primary N) is 1. The average Bonchev–Trinajstić information content (AvgIpc) is 3.69. The van der Waals surface area contributed by atoms with Crippen molar-refractivity contribution in [2.75, 3.05) is 50.5 Å². The maximum atomic E-state index is 15.8. The number of carbonyl (C=O) groups is 1. The number of hydrogen-bond acceptors (Lipinski definition) is 9. The minimum atomic E-state index is -4.93. The second-order valence-corrected chi connectivity index (χ2v) is 14.5. The van der Waals surface area contributed by atoms with E-state index in [4.69, 9.17) is 30.3 Å². The summed E-state index contributed by atoms with van der Waals surface area (Å²) in [5.41, 5.74) is 7.35. The molecule has 5 aliphatic rings. The van der Waals surface area contributed by atoms with E-state index in [1.165, 1.54) is 6.92 Å². The summed E-state index contributed by atoms with van der Waals surface area (Å²) in [4.78, 5) is 28.8. The SMILES string of the molecule is C=C1CN2CCC[C@]2(COc2nc3c(c(N4CCCn5nc6c(c5C4)CCN(C)C6=O)n2)CO[C@H](c2c(F)c(N)cc(C#CC)c2C(F)(F)F)C3)C1. The number of fused-ring (bicyclic) bond motifs is 5. The number of aromatic nitrogens is 4. The van der Waals surface area contributed by atoms with Crippen LogP contribution in [0.4, 0.5) is 29.1 Å². The summed E-state index contributed by atoms with van der Waals surface area (Å²) in [6, 6.07) is 1.00. The zero-order chi connectivity index (χ0) is 36.5. The Kier molecular flexibility index (Phi) is 8.45. The summed E-state index contributed by atoms with van der Waals surface area (Å²) in [5.74, 6) is 4.15. The molecule has 7 heterocycles. The van der Waals surface area contributed by atoms with E-state index in [-0.39, 0.29) is 30.5 Å². The number of nitrogens with zero attached hydrogens (tertiary/aromatic N) is 7. The van der Waals surface area contributed by atoms with Gasteiger partial charge in [0.25, 0.3) is 5.91 Å². The number of benzene rings is 1. The highest BCUT2D eigenvalue weighted by Crippen LogP contribution is 2.45. The molecule has 11 nitrogen and oxygen atoms in total. The van der Waals surface area contributed by atoms with E-state index >= 15 is 4.39 Å². The van der Waals surface area contributed by atoms with Gasteiger partial charge in [-0.3, -0.25) is 14.4 Å². The monoisotopic (exact) mass is 720 g/mol. The first-order valence-corrected chi connectivity index (χ1v) is 17.6. The van der Waals surface area contributed by atoms with Crippen molar-refractivity contribution < 1.29 is 31.8 Å². The van der Waals surface area contributed by atoms with Gasteiger partial charge >= 0.3 is 12.2 Å². The van der Waals surface area contributed by atoms with Crippen molar-refractivity contribution >= 4 is 17.4 Å². The number of nitrogen functional groups attached to an aromatic ring is 1. The van der Waals surface area contributed by atoms with Crippen molar-refractivity contribution in [1.82, 2.24) is 29.5 Å². The molecule has 0 saturated carbocycles. The standard InChI is InChI=1S/C37H40F4N8O3/c1-4-7-22-14-25(42)31(38)29(30(22)37(39,40)41)28-15-26-24(19-51-28)33(44-35(43-26)52-20-36-9-5-11-48(36)17-21(2)16-36)47-10-6-12-49-27(18-47)23-8-13-46(3)34(50)32(23)45-49/h14,28H,2,5-6,8-13,15-20,42H2,1,3H3/t28-,36+/m0/s1. The molecule has 2 aromatic heterocycles. The molecular weight excluding hydrogens is 680 g/mol. The Morgan fingerprint density at radius 2 is 1.98 bits per heavy atom. The van der Waals surface area contributed by atoms with Crippen LogP contribution in [0.25, 0.3) is 0 Å². The van der Waals surface area contributed by atoms with Gasteiger partial charge in [-0.05, 0) is 51.6 Å². The highest BCUT2D eigenvalue weighted by Gasteiger charge is 2.47. The lowest BCUT2D eigenvalue weighted by atomic mass is 9.90. The van der Waals surface area contributed by atoms with Gasteiger partial charge in [0.2, 0.25) is 0 Å². The molecule has 52 heavy (non-hydrogen) atoms. The van der Waals surface area contributed by atoms with Crippen LogP contribution in [-0.2, 0) is 43.5 Å². The Labute approximate surface area is 298 Å². The van der Waals surface area contributed by atoms with Crippen LogP contribution in [0.15, 0.2) is 18.2 Å². The number of halogens is 4. The molecule has 274 valence electrons. The fourth-order valence-corrected chi connectivity index (χ4v) is 8.67. The quantitative estimate of drug-likeness (QED) is 0.172. The molecule has 0 radical (unpaired) electrons. The van der Waals surface area contributed by atoms with Crippen molar-refractivity contribution in [1.29, 1.82) is 0 Å². The number of ether oxygens (including phenoxy) is 2. The van der Waals surface area contributed by atoms with Crippen LogP contribution >= 0.6 is 0 Å². The molecule has 2 fully saturated rings. The van der Waals surface area contributed by atoms with Crippen LogP contribution < -0.4 is 15.4 Å². The number of rotatable bonds is 5. The minimum Gasteiger partial charge on any atom is -0.461 e. The number of hydrogen-bond donors (Lipinski definition) is 1. The van der Waals surface area contributed by atoms with Crippen LogP contribution in [0, 0.1) is 17.7 Å². The molecule has 0 spiro atoms. The molecule has 1 aromatic carbocycles. The van der Waals surface area contributed by atoms with Gasteiger partial charge in [0.15, 0.2) is 11.5 Å². The Hall–Kier alpha value is -4.68. The molecule has 3 aromatic rings. The van der Waals surface area contributed by atoms with E-state index in [1.54, 1.807) is 11.9 Å². The number of alkyl halides is 3. The third-order valence-electron chi connectivity index (χ3n) is 11.1. The summed E-state index contributed by atoms with van der Waals surface area (Å²) in [6.45, 7) is 9.67.